The van der Waals surface area contributed by atoms with Gasteiger partial charge in [-0.05, 0) is 49.5 Å². The Kier molecular flexibility index (Phi) is 2.51. The predicted octanol–water partition coefficient (Wildman–Crippen LogP) is 3.15. The van der Waals surface area contributed by atoms with E-state index in [1.165, 1.54) is 0 Å². The summed E-state index contributed by atoms with van der Waals surface area (Å²) in [6.45, 7) is 3.65. The van der Waals surface area contributed by atoms with Crippen LogP contribution in [0.4, 0.5) is 0 Å². The number of fused-ring (bicyclic) bond motifs is 3. The van der Waals surface area contributed by atoms with Gasteiger partial charge in [0, 0.05) is 24.7 Å². The summed E-state index contributed by atoms with van der Waals surface area (Å²) in [7, 11) is 0. The lowest BCUT2D eigenvalue weighted by molar-refractivity contribution is -0.185. The fourth-order valence-corrected chi connectivity index (χ4v) is 7.11. The smallest absolute Gasteiger partial charge is 0.171 e. The van der Waals surface area contributed by atoms with Crippen molar-refractivity contribution in [3.05, 3.63) is 11.6 Å². The van der Waals surface area contributed by atoms with Crippen molar-refractivity contribution in [3.63, 3.8) is 0 Å². The number of hydrogen-bond donors (Lipinski definition) is 0. The number of carbonyl (C=O) groups excluding carboxylic acids is 1. The molecule has 1 spiro atoms. The summed E-state index contributed by atoms with van der Waals surface area (Å²) in [5.74, 6) is 1.21. The second kappa shape index (κ2) is 4.16. The molecule has 0 bridgehead atoms. The lowest BCUT2D eigenvalue weighted by Crippen LogP contribution is -2.51. The normalized spacial score (nSPS) is 53.9. The standard InChI is InChI=1S/C20H26O4/c1-17-6-5-15-13(14(17)2-3-16(17)21)4-7-18-12-19(22-10-11-23-19)8-9-20(15,18)24-18/h5,13-14H,2-4,6-12H2,1H3/t13-,14-,17-,18-,20+/m0/s1. The Morgan fingerprint density at radius 3 is 2.79 bits per heavy atom. The first-order valence-electron chi connectivity index (χ1n) is 9.75. The Balaban J connectivity index is 1.37. The molecule has 0 unspecified atom stereocenters. The molecule has 6 aliphatic rings. The maximum atomic E-state index is 12.5. The van der Waals surface area contributed by atoms with Gasteiger partial charge >= 0.3 is 0 Å². The monoisotopic (exact) mass is 330 g/mol. The van der Waals surface area contributed by atoms with Gasteiger partial charge < -0.3 is 14.2 Å². The molecule has 0 aromatic carbocycles. The van der Waals surface area contributed by atoms with E-state index < -0.39 is 0 Å². The fourth-order valence-electron chi connectivity index (χ4n) is 7.11. The minimum Gasteiger partial charge on any atom is -0.358 e. The van der Waals surface area contributed by atoms with Crippen molar-refractivity contribution in [2.24, 2.45) is 17.3 Å². The Labute approximate surface area is 142 Å². The second-order valence-electron chi connectivity index (χ2n) is 9.20. The van der Waals surface area contributed by atoms with Crippen molar-refractivity contribution in [1.82, 2.24) is 0 Å². The molecule has 5 fully saturated rings. The van der Waals surface area contributed by atoms with E-state index >= 15 is 0 Å². The Hall–Kier alpha value is -0.710. The van der Waals surface area contributed by atoms with E-state index in [-0.39, 0.29) is 22.4 Å². The predicted molar refractivity (Wildman–Crippen MR) is 86.3 cm³/mol. The minimum atomic E-state index is -0.375. The SMILES string of the molecule is C[C@]12CC=C3[C@@H](CC[C@]45CC6(CC[C@@]34O5)OCCO6)[C@@H]1CCC2=O. The van der Waals surface area contributed by atoms with E-state index in [0.29, 0.717) is 17.6 Å². The quantitative estimate of drug-likeness (QED) is 0.506. The summed E-state index contributed by atoms with van der Waals surface area (Å²) in [6.07, 6.45) is 10.3. The fraction of sp³-hybridized carbons (Fsp3) is 0.850. The molecule has 4 aliphatic carbocycles. The van der Waals surface area contributed by atoms with Crippen LogP contribution in [-0.2, 0) is 19.0 Å². The molecule has 4 heteroatoms. The van der Waals surface area contributed by atoms with Gasteiger partial charge in [0.15, 0.2) is 5.79 Å². The summed E-state index contributed by atoms with van der Waals surface area (Å²) in [6, 6.07) is 0. The number of carbonyl (C=O) groups is 1. The summed E-state index contributed by atoms with van der Waals surface area (Å²) in [5, 5.41) is 0. The van der Waals surface area contributed by atoms with Gasteiger partial charge in [-0.1, -0.05) is 13.0 Å². The van der Waals surface area contributed by atoms with Crippen LogP contribution in [0.3, 0.4) is 0 Å². The molecule has 6 rings (SSSR count). The highest BCUT2D eigenvalue weighted by molar-refractivity contribution is 5.87. The molecule has 3 saturated carbocycles. The zero-order valence-corrected chi connectivity index (χ0v) is 14.4. The molecule has 0 radical (unpaired) electrons. The minimum absolute atomic E-state index is 0.0473. The number of ketones is 1. The Morgan fingerprint density at radius 1 is 1.12 bits per heavy atom. The van der Waals surface area contributed by atoms with Gasteiger partial charge in [-0.25, -0.2) is 0 Å². The van der Waals surface area contributed by atoms with Crippen molar-refractivity contribution < 1.29 is 19.0 Å². The molecule has 2 heterocycles. The van der Waals surface area contributed by atoms with Crippen molar-refractivity contribution in [3.8, 4) is 0 Å². The van der Waals surface area contributed by atoms with Gasteiger partial charge in [0.2, 0.25) is 0 Å². The first kappa shape index (κ1) is 14.5. The van der Waals surface area contributed by atoms with E-state index in [0.717, 1.165) is 64.6 Å². The molecule has 0 aromatic rings. The third kappa shape index (κ3) is 1.47. The van der Waals surface area contributed by atoms with E-state index in [4.69, 9.17) is 14.2 Å². The molecular weight excluding hydrogens is 304 g/mol. The van der Waals surface area contributed by atoms with E-state index in [9.17, 15) is 4.79 Å². The molecule has 4 nitrogen and oxygen atoms in total. The summed E-state index contributed by atoms with van der Waals surface area (Å²) < 4.78 is 18.5. The molecule has 130 valence electrons. The van der Waals surface area contributed by atoms with Gasteiger partial charge in [0.25, 0.3) is 0 Å². The summed E-state index contributed by atoms with van der Waals surface area (Å²) in [4.78, 5) is 12.5. The van der Waals surface area contributed by atoms with Crippen LogP contribution < -0.4 is 0 Å². The average molecular weight is 330 g/mol. The maximum Gasteiger partial charge on any atom is 0.171 e. The van der Waals surface area contributed by atoms with Crippen LogP contribution in [0.15, 0.2) is 11.6 Å². The molecule has 2 saturated heterocycles. The molecular formula is C20H26O4. The van der Waals surface area contributed by atoms with Crippen LogP contribution >= 0.6 is 0 Å². The van der Waals surface area contributed by atoms with Crippen LogP contribution in [-0.4, -0.2) is 36.0 Å². The number of rotatable bonds is 0. The average Bonchev–Trinajstić information content (AvgIpc) is 2.88. The van der Waals surface area contributed by atoms with Crippen LogP contribution in [0.25, 0.3) is 0 Å². The van der Waals surface area contributed by atoms with Crippen molar-refractivity contribution in [2.75, 3.05) is 13.2 Å². The molecule has 0 N–H and O–H groups in total. The lowest BCUT2D eigenvalue weighted by Gasteiger charge is -2.48. The van der Waals surface area contributed by atoms with Crippen LogP contribution in [0, 0.1) is 17.3 Å². The zero-order valence-electron chi connectivity index (χ0n) is 14.4. The van der Waals surface area contributed by atoms with Crippen LogP contribution in [0.2, 0.25) is 0 Å². The Bertz CT molecular complexity index is 663. The van der Waals surface area contributed by atoms with E-state index in [2.05, 4.69) is 13.0 Å². The number of hydrogen-bond acceptors (Lipinski definition) is 4. The van der Waals surface area contributed by atoms with Crippen LogP contribution in [0.1, 0.15) is 58.3 Å². The van der Waals surface area contributed by atoms with Gasteiger partial charge in [-0.3, -0.25) is 4.79 Å². The number of epoxide rings is 1. The first-order valence-corrected chi connectivity index (χ1v) is 9.75. The zero-order chi connectivity index (χ0) is 16.2. The largest absolute Gasteiger partial charge is 0.358 e. The van der Waals surface area contributed by atoms with E-state index in [1.54, 1.807) is 5.57 Å². The molecule has 2 aliphatic heterocycles. The maximum absolute atomic E-state index is 12.5. The van der Waals surface area contributed by atoms with Crippen molar-refractivity contribution in [2.45, 2.75) is 75.3 Å². The topological polar surface area (TPSA) is 48.1 Å². The Morgan fingerprint density at radius 2 is 1.96 bits per heavy atom. The number of allylic oxidation sites excluding steroid dienone is 1. The highest BCUT2D eigenvalue weighted by Gasteiger charge is 2.79. The third-order valence-electron chi connectivity index (χ3n) is 8.38. The van der Waals surface area contributed by atoms with Gasteiger partial charge in [-0.15, -0.1) is 0 Å². The molecule has 0 amide bonds. The molecule has 24 heavy (non-hydrogen) atoms. The first-order chi connectivity index (χ1) is 11.5. The molecule has 5 atom stereocenters. The molecule has 0 aromatic heterocycles. The van der Waals surface area contributed by atoms with Crippen molar-refractivity contribution in [1.29, 1.82) is 0 Å². The third-order valence-corrected chi connectivity index (χ3v) is 8.38. The summed E-state index contributed by atoms with van der Waals surface area (Å²) >= 11 is 0. The van der Waals surface area contributed by atoms with Crippen molar-refractivity contribution >= 4 is 5.78 Å². The summed E-state index contributed by atoms with van der Waals surface area (Å²) in [5.41, 5.74) is 1.34. The lowest BCUT2D eigenvalue weighted by atomic mass is 9.54. The van der Waals surface area contributed by atoms with Gasteiger partial charge in [-0.2, -0.15) is 0 Å². The number of ether oxygens (including phenoxy) is 3. The van der Waals surface area contributed by atoms with E-state index in [1.807, 2.05) is 0 Å². The van der Waals surface area contributed by atoms with Crippen LogP contribution in [0.5, 0.6) is 0 Å². The highest BCUT2D eigenvalue weighted by atomic mass is 16.7. The highest BCUT2D eigenvalue weighted by Crippen LogP contribution is 2.73. The van der Waals surface area contributed by atoms with Gasteiger partial charge in [0.05, 0.1) is 13.2 Å². The second-order valence-corrected chi connectivity index (χ2v) is 9.20. The number of Topliss-reactive ketones (excluding diaryl/α,β-unsaturated/α-hetero) is 1. The van der Waals surface area contributed by atoms with Gasteiger partial charge in [0.1, 0.15) is 17.0 Å².